The molecule has 4 rings (SSSR count). The van der Waals surface area contributed by atoms with Crippen LogP contribution in [0, 0.1) is 12.3 Å². The zero-order chi connectivity index (χ0) is 36.1. The summed E-state index contributed by atoms with van der Waals surface area (Å²) in [6.07, 6.45) is 4.77. The van der Waals surface area contributed by atoms with E-state index in [4.69, 9.17) is 24.7 Å². The maximum absolute atomic E-state index is 9.55. The van der Waals surface area contributed by atoms with Crippen LogP contribution in [0.3, 0.4) is 0 Å². The highest BCUT2D eigenvalue weighted by Crippen LogP contribution is 2.39. The Morgan fingerprint density at radius 1 is 0.612 bits per heavy atom. The summed E-state index contributed by atoms with van der Waals surface area (Å²) in [5, 5.41) is 14.3. The molecular formula is C42H56O5Si2. The molecule has 49 heavy (non-hydrogen) atoms. The van der Waals surface area contributed by atoms with Crippen molar-refractivity contribution >= 4 is 37.4 Å². The Kier molecular flexibility index (Phi) is 14.8. The van der Waals surface area contributed by atoms with Crippen LogP contribution in [0.4, 0.5) is 0 Å². The van der Waals surface area contributed by atoms with Gasteiger partial charge >= 0.3 is 0 Å². The van der Waals surface area contributed by atoms with Crippen LogP contribution >= 0.6 is 0 Å². The molecule has 262 valence electrons. The highest BCUT2D eigenvalue weighted by Gasteiger charge is 2.52. The van der Waals surface area contributed by atoms with Crippen molar-refractivity contribution in [1.29, 1.82) is 0 Å². The SMILES string of the molecule is C#C[C@@H](OCOC)[C@H](C)O[Si](c1ccccc1)(c1ccccc1)C(C)(C)C.C[C@@H](CO)O[Si](c1ccccc1)(c1ccccc1)C(C)(C)C. The number of hydrogen-bond acceptors (Lipinski definition) is 5. The fraction of sp³-hybridized carbons (Fsp3) is 0.381. The fourth-order valence-corrected chi connectivity index (χ4v) is 15.9. The van der Waals surface area contributed by atoms with Crippen molar-refractivity contribution in [1.82, 2.24) is 0 Å². The van der Waals surface area contributed by atoms with E-state index in [-0.39, 0.29) is 35.7 Å². The van der Waals surface area contributed by atoms with Gasteiger partial charge in [-0.15, -0.1) is 6.42 Å². The van der Waals surface area contributed by atoms with E-state index in [2.05, 4.69) is 145 Å². The van der Waals surface area contributed by atoms with Crippen molar-refractivity contribution in [3.63, 3.8) is 0 Å². The third kappa shape index (κ3) is 9.47. The van der Waals surface area contributed by atoms with Crippen molar-refractivity contribution in [3.8, 4) is 12.3 Å². The molecule has 0 fully saturated rings. The monoisotopic (exact) mass is 696 g/mol. The molecule has 3 atom stereocenters. The summed E-state index contributed by atoms with van der Waals surface area (Å²) in [4.78, 5) is 0. The summed E-state index contributed by atoms with van der Waals surface area (Å²) in [5.74, 6) is 2.71. The third-order valence-electron chi connectivity index (χ3n) is 8.79. The first kappa shape index (κ1) is 40.1. The molecule has 5 nitrogen and oxygen atoms in total. The lowest BCUT2D eigenvalue weighted by Gasteiger charge is -2.45. The zero-order valence-corrected chi connectivity index (χ0v) is 32.9. The molecule has 0 saturated carbocycles. The quantitative estimate of drug-likeness (QED) is 0.0981. The Labute approximate surface area is 297 Å². The van der Waals surface area contributed by atoms with Crippen LogP contribution in [0.25, 0.3) is 0 Å². The number of benzene rings is 4. The predicted molar refractivity (Wildman–Crippen MR) is 209 cm³/mol. The summed E-state index contributed by atoms with van der Waals surface area (Å²) in [5.41, 5.74) is 0. The van der Waals surface area contributed by atoms with Gasteiger partial charge in [-0.25, -0.2) is 0 Å². The summed E-state index contributed by atoms with van der Waals surface area (Å²) in [6, 6.07) is 42.0. The molecule has 0 heterocycles. The van der Waals surface area contributed by atoms with E-state index in [0.717, 1.165) is 0 Å². The Morgan fingerprint density at radius 2 is 0.939 bits per heavy atom. The van der Waals surface area contributed by atoms with Gasteiger partial charge in [-0.2, -0.15) is 0 Å². The molecule has 4 aromatic rings. The minimum Gasteiger partial charge on any atom is -0.402 e. The number of rotatable bonds is 13. The molecule has 4 aromatic carbocycles. The Morgan fingerprint density at radius 3 is 1.20 bits per heavy atom. The number of methoxy groups -OCH3 is 1. The van der Waals surface area contributed by atoms with Crippen molar-refractivity contribution in [3.05, 3.63) is 121 Å². The van der Waals surface area contributed by atoms with Gasteiger partial charge in [-0.05, 0) is 44.7 Å². The summed E-state index contributed by atoms with van der Waals surface area (Å²) < 4.78 is 24.3. The van der Waals surface area contributed by atoms with Crippen molar-refractivity contribution in [2.45, 2.75) is 83.8 Å². The van der Waals surface area contributed by atoms with Crippen LogP contribution in [0.1, 0.15) is 55.4 Å². The number of aliphatic hydroxyl groups excluding tert-OH is 1. The lowest BCUT2D eigenvalue weighted by Crippen LogP contribution is -2.68. The topological polar surface area (TPSA) is 57.2 Å². The second-order valence-corrected chi connectivity index (χ2v) is 22.9. The van der Waals surface area contributed by atoms with Crippen LogP contribution in [-0.2, 0) is 18.3 Å². The minimum absolute atomic E-state index is 0.0322. The van der Waals surface area contributed by atoms with E-state index in [1.807, 2.05) is 38.1 Å². The molecule has 0 bridgehead atoms. The molecule has 0 radical (unpaired) electrons. The Bertz CT molecular complexity index is 1470. The molecule has 0 aliphatic carbocycles. The van der Waals surface area contributed by atoms with E-state index in [9.17, 15) is 5.11 Å². The molecule has 0 unspecified atom stereocenters. The Balaban J connectivity index is 0.000000271. The van der Waals surface area contributed by atoms with Gasteiger partial charge in [-0.3, -0.25) is 0 Å². The molecule has 7 heteroatoms. The highest BCUT2D eigenvalue weighted by atomic mass is 28.4. The fourth-order valence-electron chi connectivity index (χ4n) is 6.52. The van der Waals surface area contributed by atoms with Gasteiger partial charge in [0, 0.05) is 7.11 Å². The maximum atomic E-state index is 9.55. The summed E-state index contributed by atoms with van der Waals surface area (Å²) in [7, 11) is -3.56. The van der Waals surface area contributed by atoms with Gasteiger partial charge in [-0.1, -0.05) is 169 Å². The van der Waals surface area contributed by atoms with E-state index >= 15 is 0 Å². The third-order valence-corrected chi connectivity index (χ3v) is 19.1. The molecule has 0 spiro atoms. The van der Waals surface area contributed by atoms with E-state index in [1.165, 1.54) is 20.7 Å². The predicted octanol–water partition coefficient (Wildman–Crippen LogP) is 6.52. The first-order chi connectivity index (χ1) is 23.3. The van der Waals surface area contributed by atoms with Gasteiger partial charge < -0.3 is 23.4 Å². The normalized spacial score (nSPS) is 14.1. The van der Waals surface area contributed by atoms with E-state index in [0.29, 0.717) is 0 Å². The van der Waals surface area contributed by atoms with Gasteiger partial charge in [0.15, 0.2) is 0 Å². The van der Waals surface area contributed by atoms with Gasteiger partial charge in [0.2, 0.25) is 0 Å². The largest absolute Gasteiger partial charge is 0.402 e. The molecule has 0 aliphatic rings. The van der Waals surface area contributed by atoms with E-state index in [1.54, 1.807) is 7.11 Å². The first-order valence-corrected chi connectivity index (χ1v) is 20.9. The average molecular weight is 697 g/mol. The van der Waals surface area contributed by atoms with Crippen molar-refractivity contribution in [2.24, 2.45) is 0 Å². The summed E-state index contributed by atoms with van der Waals surface area (Å²) in [6.45, 7) is 17.6. The maximum Gasteiger partial charge on any atom is 0.261 e. The van der Waals surface area contributed by atoms with E-state index < -0.39 is 22.7 Å². The van der Waals surface area contributed by atoms with Crippen LogP contribution in [0.2, 0.25) is 10.1 Å². The summed E-state index contributed by atoms with van der Waals surface area (Å²) >= 11 is 0. The van der Waals surface area contributed by atoms with Crippen LogP contribution in [0.5, 0.6) is 0 Å². The molecular weight excluding hydrogens is 641 g/mol. The van der Waals surface area contributed by atoms with Crippen LogP contribution in [0.15, 0.2) is 121 Å². The lowest BCUT2D eigenvalue weighted by atomic mass is 10.2. The van der Waals surface area contributed by atoms with Crippen molar-refractivity contribution < 1.29 is 23.4 Å². The first-order valence-electron chi connectivity index (χ1n) is 17.0. The minimum atomic E-state index is -2.65. The average Bonchev–Trinajstić information content (AvgIpc) is 3.10. The van der Waals surface area contributed by atoms with Gasteiger partial charge in [0.05, 0.1) is 18.8 Å². The van der Waals surface area contributed by atoms with Crippen LogP contribution < -0.4 is 20.7 Å². The molecule has 0 saturated heterocycles. The lowest BCUT2D eigenvalue weighted by molar-refractivity contribution is -0.0819. The Hall–Kier alpha value is -3.33. The van der Waals surface area contributed by atoms with Gasteiger partial charge in [0.25, 0.3) is 16.6 Å². The second kappa shape index (κ2) is 18.1. The van der Waals surface area contributed by atoms with Crippen molar-refractivity contribution in [2.75, 3.05) is 20.5 Å². The second-order valence-electron chi connectivity index (χ2n) is 14.4. The molecule has 0 aliphatic heterocycles. The van der Waals surface area contributed by atoms with Gasteiger partial charge in [0.1, 0.15) is 12.9 Å². The molecule has 1 N–H and O–H groups in total. The standard InChI is InChI=1S/C23H30O3Si.C19H26O2Si/c1-7-22(25-18-24-6)19(2)26-27(23(3,4)5,20-14-10-8-11-15-20)21-16-12-9-13-17-21;1-16(15-20)21-22(19(2,3)4,17-11-7-5-8-12-17)18-13-9-6-10-14-18/h1,8-17,19,22H,18H2,2-6H3;5-14,16,20H,15H2,1-4H3/t19-,22+;16-/m00/s1. The smallest absolute Gasteiger partial charge is 0.261 e. The van der Waals surface area contributed by atoms with Crippen LogP contribution in [-0.4, -0.2) is 60.6 Å². The number of ether oxygens (including phenoxy) is 2. The number of aliphatic hydroxyl groups is 1. The number of hydrogen-bond donors (Lipinski definition) is 1. The zero-order valence-electron chi connectivity index (χ0n) is 30.9. The molecule has 0 aromatic heterocycles. The number of terminal acetylenes is 1. The molecule has 0 amide bonds. The highest BCUT2D eigenvalue weighted by molar-refractivity contribution is 7.00.